The zero-order valence-electron chi connectivity index (χ0n) is 19.3. The lowest BCUT2D eigenvalue weighted by molar-refractivity contribution is -0.118. The van der Waals surface area contributed by atoms with Crippen LogP contribution in [-0.2, 0) is 9.59 Å². The Hall–Kier alpha value is -3.98. The predicted octanol–water partition coefficient (Wildman–Crippen LogP) is 2.87. The number of hydrogen-bond acceptors (Lipinski definition) is 7. The Balaban J connectivity index is 1.32. The fourth-order valence-corrected chi connectivity index (χ4v) is 3.62. The van der Waals surface area contributed by atoms with Crippen molar-refractivity contribution in [1.82, 2.24) is 15.1 Å². The van der Waals surface area contributed by atoms with Crippen LogP contribution >= 0.6 is 0 Å². The third-order valence-electron chi connectivity index (χ3n) is 5.46. The highest BCUT2D eigenvalue weighted by Crippen LogP contribution is 2.22. The molecule has 1 saturated heterocycles. The fraction of sp³-hybridized carbons (Fsp3) is 0.280. The first-order chi connectivity index (χ1) is 16.5. The van der Waals surface area contributed by atoms with E-state index in [1.807, 2.05) is 36.4 Å². The first-order valence-corrected chi connectivity index (χ1v) is 11.1. The van der Waals surface area contributed by atoms with Gasteiger partial charge in [0.25, 0.3) is 5.91 Å². The molecule has 0 spiro atoms. The number of likely N-dealkylation sites (N-methyl/N-ethyl adjacent to an activating group) is 1. The van der Waals surface area contributed by atoms with E-state index in [4.69, 9.17) is 4.74 Å². The second-order valence-electron chi connectivity index (χ2n) is 8.19. The molecule has 2 N–H and O–H groups in total. The van der Waals surface area contributed by atoms with Crippen LogP contribution in [0.5, 0.6) is 5.75 Å². The highest BCUT2D eigenvalue weighted by molar-refractivity contribution is 5.92. The molecule has 1 aliphatic heterocycles. The minimum absolute atomic E-state index is 0.136. The lowest BCUT2D eigenvalue weighted by atomic mass is 10.1. The number of nitrogens with one attached hydrogen (secondary N) is 2. The van der Waals surface area contributed by atoms with E-state index in [-0.39, 0.29) is 18.4 Å². The molecule has 0 atom stereocenters. The molecule has 9 nitrogen and oxygen atoms in total. The molecule has 1 aliphatic rings. The summed E-state index contributed by atoms with van der Waals surface area (Å²) < 4.78 is 5.54. The summed E-state index contributed by atoms with van der Waals surface area (Å²) in [6.45, 7) is 5.21. The van der Waals surface area contributed by atoms with E-state index >= 15 is 0 Å². The largest absolute Gasteiger partial charge is 0.484 e. The number of anilines is 3. The number of aromatic nitrogens is 2. The summed E-state index contributed by atoms with van der Waals surface area (Å²) >= 11 is 0. The molecule has 2 aromatic carbocycles. The molecule has 4 rings (SSSR count). The van der Waals surface area contributed by atoms with E-state index < -0.39 is 0 Å². The molecule has 1 fully saturated rings. The van der Waals surface area contributed by atoms with E-state index in [9.17, 15) is 9.59 Å². The highest BCUT2D eigenvalue weighted by Gasteiger charge is 2.16. The molecular weight excluding hydrogens is 432 g/mol. The average Bonchev–Trinajstić information content (AvgIpc) is 2.84. The molecular formula is C25H28N6O3. The van der Waals surface area contributed by atoms with Crippen LogP contribution in [0.1, 0.15) is 6.92 Å². The Morgan fingerprint density at radius 3 is 2.35 bits per heavy atom. The fourth-order valence-electron chi connectivity index (χ4n) is 3.62. The number of carbonyl (C=O) groups excluding carboxylic acids is 2. The van der Waals surface area contributed by atoms with E-state index in [1.165, 1.54) is 6.92 Å². The lowest BCUT2D eigenvalue weighted by Gasteiger charge is -2.32. The number of piperazine rings is 1. The Labute approximate surface area is 198 Å². The second kappa shape index (κ2) is 10.8. The van der Waals surface area contributed by atoms with Gasteiger partial charge in [-0.3, -0.25) is 9.59 Å². The molecule has 1 aromatic heterocycles. The monoisotopic (exact) mass is 460 g/mol. The van der Waals surface area contributed by atoms with Gasteiger partial charge in [0.2, 0.25) is 5.91 Å². The zero-order valence-corrected chi connectivity index (χ0v) is 19.3. The Bertz CT molecular complexity index is 1130. The van der Waals surface area contributed by atoms with Gasteiger partial charge < -0.3 is 25.2 Å². The average molecular weight is 461 g/mol. The molecule has 0 aliphatic carbocycles. The SMILES string of the molecule is CC(=O)Nc1ccc(OCC(=O)Nc2cccc(-c3ccc(N4CCN(C)CC4)nn3)c2)cc1. The van der Waals surface area contributed by atoms with E-state index in [0.29, 0.717) is 17.1 Å². The van der Waals surface area contributed by atoms with Crippen LogP contribution in [-0.4, -0.2) is 66.7 Å². The molecule has 9 heteroatoms. The van der Waals surface area contributed by atoms with Gasteiger partial charge in [0.15, 0.2) is 12.4 Å². The summed E-state index contributed by atoms with van der Waals surface area (Å²) in [6.07, 6.45) is 0. The summed E-state index contributed by atoms with van der Waals surface area (Å²) in [4.78, 5) is 28.0. The number of ether oxygens (including phenoxy) is 1. The van der Waals surface area contributed by atoms with Crippen molar-refractivity contribution in [2.75, 3.05) is 55.4 Å². The Kier molecular flexibility index (Phi) is 7.34. The van der Waals surface area contributed by atoms with Gasteiger partial charge in [-0.25, -0.2) is 0 Å². The molecule has 2 heterocycles. The predicted molar refractivity (Wildman–Crippen MR) is 132 cm³/mol. The summed E-state index contributed by atoms with van der Waals surface area (Å²) in [7, 11) is 2.12. The molecule has 0 saturated carbocycles. The van der Waals surface area contributed by atoms with Gasteiger partial charge in [0.05, 0.1) is 5.69 Å². The van der Waals surface area contributed by atoms with Crippen LogP contribution in [0.3, 0.4) is 0 Å². The third kappa shape index (κ3) is 6.29. The number of hydrogen-bond donors (Lipinski definition) is 2. The summed E-state index contributed by atoms with van der Waals surface area (Å²) in [6, 6.07) is 18.2. The van der Waals surface area contributed by atoms with Crippen molar-refractivity contribution in [3.8, 4) is 17.0 Å². The van der Waals surface area contributed by atoms with E-state index in [1.54, 1.807) is 24.3 Å². The maximum atomic E-state index is 12.4. The van der Waals surface area contributed by atoms with Crippen molar-refractivity contribution in [3.05, 3.63) is 60.7 Å². The minimum atomic E-state index is -0.278. The van der Waals surface area contributed by atoms with Crippen molar-refractivity contribution in [2.45, 2.75) is 6.92 Å². The van der Waals surface area contributed by atoms with E-state index in [0.717, 1.165) is 43.3 Å². The summed E-state index contributed by atoms with van der Waals surface area (Å²) in [5.74, 6) is 0.990. The first kappa shape index (κ1) is 23.2. The van der Waals surface area contributed by atoms with Crippen LogP contribution in [0, 0.1) is 0 Å². The van der Waals surface area contributed by atoms with Gasteiger partial charge in [-0.1, -0.05) is 12.1 Å². The van der Waals surface area contributed by atoms with E-state index in [2.05, 4.69) is 37.7 Å². The van der Waals surface area contributed by atoms with Gasteiger partial charge in [-0.2, -0.15) is 0 Å². The van der Waals surface area contributed by atoms with Gasteiger partial charge in [-0.05, 0) is 55.6 Å². The Morgan fingerprint density at radius 1 is 0.912 bits per heavy atom. The second-order valence-corrected chi connectivity index (χ2v) is 8.19. The van der Waals surface area contributed by atoms with Crippen LogP contribution in [0.4, 0.5) is 17.2 Å². The number of rotatable bonds is 7. The van der Waals surface area contributed by atoms with Crippen LogP contribution < -0.4 is 20.3 Å². The summed E-state index contributed by atoms with van der Waals surface area (Å²) in [5, 5.41) is 14.3. The van der Waals surface area contributed by atoms with Crippen LogP contribution in [0.2, 0.25) is 0 Å². The molecule has 3 aromatic rings. The molecule has 0 unspecified atom stereocenters. The molecule has 34 heavy (non-hydrogen) atoms. The van der Waals surface area contributed by atoms with Gasteiger partial charge in [0, 0.05) is 50.0 Å². The zero-order chi connectivity index (χ0) is 23.9. The molecule has 0 radical (unpaired) electrons. The standard InChI is InChI=1S/C25H28N6O3/c1-18(32)26-20-6-8-22(9-7-20)34-17-25(33)27-21-5-3-4-19(16-21)23-10-11-24(29-28-23)31-14-12-30(2)13-15-31/h3-11,16H,12-15,17H2,1-2H3,(H,26,32)(H,27,33). The quantitative estimate of drug-likeness (QED) is 0.559. The maximum Gasteiger partial charge on any atom is 0.262 e. The molecule has 176 valence electrons. The molecule has 0 bridgehead atoms. The van der Waals surface area contributed by atoms with Crippen molar-refractivity contribution in [2.24, 2.45) is 0 Å². The highest BCUT2D eigenvalue weighted by atomic mass is 16.5. The topological polar surface area (TPSA) is 99.7 Å². The number of carbonyl (C=O) groups is 2. The lowest BCUT2D eigenvalue weighted by Crippen LogP contribution is -2.44. The summed E-state index contributed by atoms with van der Waals surface area (Å²) in [5.41, 5.74) is 2.92. The van der Waals surface area contributed by atoms with Crippen molar-refractivity contribution in [1.29, 1.82) is 0 Å². The van der Waals surface area contributed by atoms with Crippen molar-refractivity contribution >= 4 is 29.0 Å². The normalized spacial score (nSPS) is 13.9. The van der Waals surface area contributed by atoms with Crippen molar-refractivity contribution < 1.29 is 14.3 Å². The third-order valence-corrected chi connectivity index (χ3v) is 5.46. The first-order valence-electron chi connectivity index (χ1n) is 11.1. The number of nitrogens with zero attached hydrogens (tertiary/aromatic N) is 4. The Morgan fingerprint density at radius 2 is 1.68 bits per heavy atom. The van der Waals surface area contributed by atoms with Crippen LogP contribution in [0.15, 0.2) is 60.7 Å². The number of benzene rings is 2. The van der Waals surface area contributed by atoms with Gasteiger partial charge in [0.1, 0.15) is 5.75 Å². The minimum Gasteiger partial charge on any atom is -0.484 e. The van der Waals surface area contributed by atoms with Crippen molar-refractivity contribution in [3.63, 3.8) is 0 Å². The van der Waals surface area contributed by atoms with Gasteiger partial charge in [-0.15, -0.1) is 10.2 Å². The van der Waals surface area contributed by atoms with Crippen LogP contribution in [0.25, 0.3) is 11.3 Å². The maximum absolute atomic E-state index is 12.4. The number of amides is 2. The molecule has 2 amide bonds. The van der Waals surface area contributed by atoms with Gasteiger partial charge >= 0.3 is 0 Å². The smallest absolute Gasteiger partial charge is 0.262 e.